The smallest absolute Gasteiger partial charge is 0.416 e. The molecular formula is C18H18F6N6O4. The number of carbonyl (C=O) groups excluding carboxylic acids is 1. The van der Waals surface area contributed by atoms with Crippen molar-refractivity contribution in [3.8, 4) is 0 Å². The van der Waals surface area contributed by atoms with Gasteiger partial charge in [0.15, 0.2) is 17.7 Å². The summed E-state index contributed by atoms with van der Waals surface area (Å²) in [7, 11) is 0. The Bertz CT molecular complexity index is 1070. The molecule has 0 saturated carbocycles. The van der Waals surface area contributed by atoms with Crippen LogP contribution in [-0.2, 0) is 17.1 Å². The van der Waals surface area contributed by atoms with Gasteiger partial charge in [0.2, 0.25) is 5.96 Å². The molecule has 0 amide bonds. The minimum Gasteiger partial charge on any atom is -0.454 e. The third kappa shape index (κ3) is 3.23. The Morgan fingerprint density at radius 2 is 1.68 bits per heavy atom. The van der Waals surface area contributed by atoms with E-state index in [-0.39, 0.29) is 30.7 Å². The first-order valence-corrected chi connectivity index (χ1v) is 9.64. The molecule has 1 saturated heterocycles. The molecule has 1 aromatic rings. The van der Waals surface area contributed by atoms with Gasteiger partial charge in [0.1, 0.15) is 11.6 Å². The van der Waals surface area contributed by atoms with E-state index in [9.17, 15) is 41.5 Å². The van der Waals surface area contributed by atoms with E-state index in [0.717, 1.165) is 11.8 Å². The molecule has 4 atom stereocenters. The quantitative estimate of drug-likeness (QED) is 0.346. The lowest BCUT2D eigenvalue weighted by Crippen LogP contribution is -2.75. The molecule has 1 spiro atoms. The first-order chi connectivity index (χ1) is 15.5. The van der Waals surface area contributed by atoms with Gasteiger partial charge in [-0.25, -0.2) is 9.79 Å². The second-order valence-corrected chi connectivity index (χ2v) is 8.19. The molecule has 6 N–H and O–H groups in total. The highest BCUT2D eigenvalue weighted by Gasteiger charge is 2.74. The van der Waals surface area contributed by atoms with Crippen LogP contribution in [0.25, 0.3) is 0 Å². The van der Waals surface area contributed by atoms with Crippen LogP contribution in [0.2, 0.25) is 0 Å². The highest BCUT2D eigenvalue weighted by molar-refractivity contribution is 5.91. The van der Waals surface area contributed by atoms with Crippen molar-refractivity contribution in [1.82, 2.24) is 9.96 Å². The number of hydrogen-bond acceptors (Lipinski definition) is 10. The van der Waals surface area contributed by atoms with Gasteiger partial charge < -0.3 is 26.2 Å². The van der Waals surface area contributed by atoms with E-state index in [4.69, 9.17) is 16.2 Å². The molecule has 3 heterocycles. The highest BCUT2D eigenvalue weighted by atomic mass is 19.4. The first kappa shape index (κ1) is 23.9. The predicted octanol–water partition coefficient (Wildman–Crippen LogP) is 0.729. The minimum absolute atomic E-state index is 0.112. The SMILES string of the molecule is C[C@]1(O)[C@@H](OC(=O)c2cc(C(F)(F)F)cc(C(F)(F)F)c2)CN2C(N)=NCC3N=C(N)N(O)C321. The number of alkyl halides is 6. The summed E-state index contributed by atoms with van der Waals surface area (Å²) in [6, 6.07) is -0.693. The van der Waals surface area contributed by atoms with Crippen LogP contribution in [-0.4, -0.2) is 74.7 Å². The average molecular weight is 496 g/mol. The van der Waals surface area contributed by atoms with Gasteiger partial charge in [-0.3, -0.25) is 10.2 Å². The summed E-state index contributed by atoms with van der Waals surface area (Å²) in [6.07, 6.45) is -11.9. The number of carbonyl (C=O) groups is 1. The van der Waals surface area contributed by atoms with Gasteiger partial charge in [0, 0.05) is 0 Å². The van der Waals surface area contributed by atoms with Crippen LogP contribution < -0.4 is 11.5 Å². The molecule has 2 unspecified atom stereocenters. The zero-order valence-electron chi connectivity index (χ0n) is 17.2. The fourth-order valence-electron chi connectivity index (χ4n) is 4.58. The van der Waals surface area contributed by atoms with E-state index in [1.54, 1.807) is 0 Å². The second-order valence-electron chi connectivity index (χ2n) is 8.19. The number of rotatable bonds is 2. The number of hydroxylamine groups is 2. The summed E-state index contributed by atoms with van der Waals surface area (Å²) in [4.78, 5) is 21.9. The van der Waals surface area contributed by atoms with Crippen molar-refractivity contribution in [1.29, 1.82) is 0 Å². The van der Waals surface area contributed by atoms with Gasteiger partial charge in [-0.1, -0.05) is 0 Å². The topological polar surface area (TPSA) is 150 Å². The maximum absolute atomic E-state index is 13.1. The van der Waals surface area contributed by atoms with Crippen molar-refractivity contribution in [3.05, 3.63) is 34.9 Å². The maximum Gasteiger partial charge on any atom is 0.416 e. The molecule has 0 radical (unpaired) electrons. The summed E-state index contributed by atoms with van der Waals surface area (Å²) >= 11 is 0. The number of aliphatic imine (C=N–C) groups is 2. The zero-order valence-corrected chi connectivity index (χ0v) is 17.2. The van der Waals surface area contributed by atoms with Crippen molar-refractivity contribution in [2.24, 2.45) is 21.5 Å². The van der Waals surface area contributed by atoms with E-state index in [2.05, 4.69) is 9.98 Å². The summed E-state index contributed by atoms with van der Waals surface area (Å²) in [6.45, 7) is 0.607. The summed E-state index contributed by atoms with van der Waals surface area (Å²) in [5, 5.41) is 22.4. The maximum atomic E-state index is 13.1. The lowest BCUT2D eigenvalue weighted by Gasteiger charge is -2.50. The number of aliphatic hydroxyl groups is 1. The lowest BCUT2D eigenvalue weighted by molar-refractivity contribution is -0.224. The van der Waals surface area contributed by atoms with Crippen molar-refractivity contribution in [3.63, 3.8) is 0 Å². The zero-order chi connectivity index (χ0) is 25.4. The van der Waals surface area contributed by atoms with Crippen molar-refractivity contribution < 1.29 is 46.2 Å². The van der Waals surface area contributed by atoms with E-state index < -0.39 is 70.9 Å². The highest BCUT2D eigenvalue weighted by Crippen LogP contribution is 2.49. The molecule has 1 aromatic carbocycles. The van der Waals surface area contributed by atoms with Gasteiger partial charge >= 0.3 is 18.3 Å². The van der Waals surface area contributed by atoms with Crippen LogP contribution in [0.3, 0.4) is 0 Å². The Morgan fingerprint density at radius 3 is 2.21 bits per heavy atom. The lowest BCUT2D eigenvalue weighted by atomic mass is 9.82. The van der Waals surface area contributed by atoms with Crippen LogP contribution in [0.4, 0.5) is 26.3 Å². The molecule has 10 nitrogen and oxygen atoms in total. The summed E-state index contributed by atoms with van der Waals surface area (Å²) in [5.74, 6) is -2.15. The number of nitrogens with zero attached hydrogens (tertiary/aromatic N) is 4. The van der Waals surface area contributed by atoms with Crippen molar-refractivity contribution >= 4 is 17.9 Å². The largest absolute Gasteiger partial charge is 0.454 e. The second kappa shape index (κ2) is 7.11. The molecule has 3 aliphatic heterocycles. The Balaban J connectivity index is 1.71. The molecule has 186 valence electrons. The van der Waals surface area contributed by atoms with Gasteiger partial charge in [-0.15, -0.1) is 0 Å². The fraction of sp³-hybridized carbons (Fsp3) is 0.500. The van der Waals surface area contributed by atoms with Crippen LogP contribution >= 0.6 is 0 Å². The molecule has 0 aliphatic carbocycles. The number of benzene rings is 1. The van der Waals surface area contributed by atoms with Crippen LogP contribution in [0.15, 0.2) is 28.2 Å². The summed E-state index contributed by atoms with van der Waals surface area (Å²) < 4.78 is 84.0. The Kier molecular flexibility index (Phi) is 5.00. The van der Waals surface area contributed by atoms with Crippen LogP contribution in [0.5, 0.6) is 0 Å². The molecular weight excluding hydrogens is 478 g/mol. The third-order valence-electron chi connectivity index (χ3n) is 6.20. The van der Waals surface area contributed by atoms with Crippen LogP contribution in [0, 0.1) is 0 Å². The molecule has 16 heteroatoms. The van der Waals surface area contributed by atoms with Gasteiger partial charge in [0.05, 0.1) is 29.8 Å². The molecule has 4 rings (SSSR count). The summed E-state index contributed by atoms with van der Waals surface area (Å²) in [5.41, 5.74) is 3.02. The molecule has 0 bridgehead atoms. The number of ether oxygens (including phenoxy) is 1. The standard InChI is InChI=1S/C18H18F6N6O4/c1-15(32)11(6-29-13(25)27-5-10-16(15,29)30(33)14(26)28-10)34-12(31)7-2-8(17(19,20)21)4-9(3-7)18(22,23)24/h2-4,10-11,32-33H,5-6H2,1H3,(H2,25,27)(H2,26,28)/t10?,11-,15-,16?/m0/s1. The number of guanidine groups is 2. The number of halogens is 6. The van der Waals surface area contributed by atoms with Crippen LogP contribution in [0.1, 0.15) is 28.4 Å². The Labute approximate surface area is 187 Å². The Morgan fingerprint density at radius 1 is 1.12 bits per heavy atom. The minimum atomic E-state index is -5.18. The van der Waals surface area contributed by atoms with Gasteiger partial charge in [0.25, 0.3) is 0 Å². The predicted molar refractivity (Wildman–Crippen MR) is 101 cm³/mol. The molecule has 0 aromatic heterocycles. The van der Waals surface area contributed by atoms with Crippen molar-refractivity contribution in [2.75, 3.05) is 13.1 Å². The van der Waals surface area contributed by atoms with E-state index in [1.165, 1.54) is 0 Å². The van der Waals surface area contributed by atoms with E-state index in [1.807, 2.05) is 0 Å². The van der Waals surface area contributed by atoms with Gasteiger partial charge in [-0.2, -0.15) is 31.4 Å². The molecule has 3 aliphatic rings. The molecule has 34 heavy (non-hydrogen) atoms. The average Bonchev–Trinajstić information content (AvgIpc) is 3.12. The number of esters is 1. The van der Waals surface area contributed by atoms with E-state index in [0.29, 0.717) is 5.06 Å². The Hall–Kier alpha value is -3.27. The normalized spacial score (nSPS) is 31.1. The molecule has 1 fully saturated rings. The third-order valence-corrected chi connectivity index (χ3v) is 6.20. The number of nitrogens with two attached hydrogens (primary N) is 2. The van der Waals surface area contributed by atoms with Gasteiger partial charge in [-0.05, 0) is 25.1 Å². The van der Waals surface area contributed by atoms with Crippen molar-refractivity contribution in [2.45, 2.75) is 42.7 Å². The first-order valence-electron chi connectivity index (χ1n) is 9.64. The monoisotopic (exact) mass is 496 g/mol. The fourth-order valence-corrected chi connectivity index (χ4v) is 4.58. The number of hydrogen-bond donors (Lipinski definition) is 4. The van der Waals surface area contributed by atoms with E-state index >= 15 is 0 Å².